The summed E-state index contributed by atoms with van der Waals surface area (Å²) in [5.41, 5.74) is -0.121. The van der Waals surface area contributed by atoms with Crippen LogP contribution in [-0.4, -0.2) is 20.4 Å². The third-order valence-corrected chi connectivity index (χ3v) is 4.61. The van der Waals surface area contributed by atoms with Crippen LogP contribution in [0.4, 0.5) is 0 Å². The van der Waals surface area contributed by atoms with Crippen LogP contribution in [0.15, 0.2) is 60.9 Å². The fourth-order valence-corrected chi connectivity index (χ4v) is 3.48. The number of rotatable bonds is 3. The highest BCUT2D eigenvalue weighted by Gasteiger charge is 2.19. The van der Waals surface area contributed by atoms with E-state index in [9.17, 15) is 30.0 Å². The quantitative estimate of drug-likeness (QED) is 0.405. The molecule has 4 rings (SSSR count). The average molecular weight is 408 g/mol. The Hall–Kier alpha value is -4.20. The number of hydrogen-bond donors (Lipinski definition) is 4. The van der Waals surface area contributed by atoms with Gasteiger partial charge in [-0.15, -0.1) is 0 Å². The summed E-state index contributed by atoms with van der Waals surface area (Å²) < 4.78 is 10.8. The smallest absolute Gasteiger partial charge is 0.339 e. The van der Waals surface area contributed by atoms with Gasteiger partial charge < -0.3 is 29.3 Å². The van der Waals surface area contributed by atoms with Gasteiger partial charge in [-0.1, -0.05) is 0 Å². The number of aryl methyl sites for hydroxylation is 1. The van der Waals surface area contributed by atoms with Crippen LogP contribution < -0.4 is 11.1 Å². The summed E-state index contributed by atoms with van der Waals surface area (Å²) in [6, 6.07) is 8.45. The van der Waals surface area contributed by atoms with Gasteiger partial charge in [-0.25, -0.2) is 4.79 Å². The van der Waals surface area contributed by atoms with Crippen molar-refractivity contribution in [1.82, 2.24) is 0 Å². The van der Waals surface area contributed by atoms with Crippen LogP contribution in [0.5, 0.6) is 23.0 Å². The first-order chi connectivity index (χ1) is 14.2. The predicted octanol–water partition coefficient (Wildman–Crippen LogP) is 3.13. The second-order valence-corrected chi connectivity index (χ2v) is 6.89. The molecule has 152 valence electrons. The summed E-state index contributed by atoms with van der Waals surface area (Å²) in [6.07, 6.45) is -0.0955. The highest BCUT2D eigenvalue weighted by Crippen LogP contribution is 2.38. The Bertz CT molecular complexity index is 1410. The van der Waals surface area contributed by atoms with E-state index in [2.05, 4.69) is 0 Å². The summed E-state index contributed by atoms with van der Waals surface area (Å²) in [7, 11) is 0. The minimum absolute atomic E-state index is 0.00694. The molecule has 0 aliphatic rings. The first-order valence-corrected chi connectivity index (χ1v) is 8.87. The van der Waals surface area contributed by atoms with Gasteiger partial charge in [-0.3, -0.25) is 4.79 Å². The van der Waals surface area contributed by atoms with Crippen molar-refractivity contribution < 1.29 is 29.3 Å². The third-order valence-electron chi connectivity index (χ3n) is 4.61. The number of hydrogen-bond acceptors (Lipinski definition) is 8. The van der Waals surface area contributed by atoms with Gasteiger partial charge in [0.1, 0.15) is 40.1 Å². The topological polar surface area (TPSA) is 141 Å². The van der Waals surface area contributed by atoms with E-state index in [0.717, 1.165) is 12.1 Å². The van der Waals surface area contributed by atoms with Crippen LogP contribution in [0.1, 0.15) is 16.9 Å². The van der Waals surface area contributed by atoms with E-state index in [4.69, 9.17) is 8.83 Å². The maximum atomic E-state index is 12.7. The highest BCUT2D eigenvalue weighted by molar-refractivity contribution is 5.84. The van der Waals surface area contributed by atoms with Gasteiger partial charge in [0.25, 0.3) is 0 Å². The van der Waals surface area contributed by atoms with E-state index in [1.54, 1.807) is 6.92 Å². The molecular weight excluding hydrogens is 392 g/mol. The van der Waals surface area contributed by atoms with Crippen LogP contribution in [0.3, 0.4) is 0 Å². The maximum Gasteiger partial charge on any atom is 0.339 e. The lowest BCUT2D eigenvalue weighted by Crippen LogP contribution is -2.04. The van der Waals surface area contributed by atoms with Crippen molar-refractivity contribution in [3.05, 3.63) is 80.0 Å². The monoisotopic (exact) mass is 408 g/mol. The van der Waals surface area contributed by atoms with Crippen molar-refractivity contribution in [2.75, 3.05) is 0 Å². The van der Waals surface area contributed by atoms with E-state index in [1.165, 1.54) is 30.3 Å². The van der Waals surface area contributed by atoms with E-state index in [-0.39, 0.29) is 68.5 Å². The first-order valence-electron chi connectivity index (χ1n) is 8.87. The van der Waals surface area contributed by atoms with Gasteiger partial charge >= 0.3 is 5.63 Å². The molecule has 0 amide bonds. The summed E-state index contributed by atoms with van der Waals surface area (Å²) in [5.74, 6) is -0.944. The number of phenolic OH excluding ortho intramolecular Hbond substituents is 3. The second-order valence-electron chi connectivity index (χ2n) is 6.89. The molecule has 2 aromatic carbocycles. The molecule has 0 spiro atoms. The van der Waals surface area contributed by atoms with E-state index < -0.39 is 5.63 Å². The van der Waals surface area contributed by atoms with Gasteiger partial charge in [0, 0.05) is 30.7 Å². The molecule has 2 heterocycles. The maximum absolute atomic E-state index is 12.7. The Morgan fingerprint density at radius 3 is 2.23 bits per heavy atom. The van der Waals surface area contributed by atoms with Crippen LogP contribution >= 0.6 is 0 Å². The molecule has 0 saturated heterocycles. The number of benzene rings is 2. The highest BCUT2D eigenvalue weighted by atomic mass is 16.4. The fraction of sp³-hybridized carbons (Fsp3) is 0.0909. The number of phenols is 3. The van der Waals surface area contributed by atoms with Crippen LogP contribution in [-0.2, 0) is 6.42 Å². The van der Waals surface area contributed by atoms with Crippen molar-refractivity contribution in [3.8, 4) is 34.3 Å². The van der Waals surface area contributed by atoms with Crippen molar-refractivity contribution in [3.63, 3.8) is 0 Å². The fourth-order valence-electron chi connectivity index (χ4n) is 3.48. The summed E-state index contributed by atoms with van der Waals surface area (Å²) >= 11 is 0. The van der Waals surface area contributed by atoms with Gasteiger partial charge in [0.15, 0.2) is 5.43 Å². The van der Waals surface area contributed by atoms with E-state index in [1.807, 2.05) is 0 Å². The normalized spacial score (nSPS) is 11.1. The lowest BCUT2D eigenvalue weighted by molar-refractivity contribution is 0.427. The van der Waals surface area contributed by atoms with Gasteiger partial charge in [-0.2, -0.15) is 0 Å². The minimum Gasteiger partial charge on any atom is -0.508 e. The Morgan fingerprint density at radius 2 is 1.50 bits per heavy atom. The minimum atomic E-state index is -0.765. The second kappa shape index (κ2) is 7.00. The summed E-state index contributed by atoms with van der Waals surface area (Å²) in [5, 5.41) is 40.2. The SMILES string of the molecule is Cc1cc(O)cc2oc(-c3c(O)cc(O)cc3Cc3cc(O)cc(=O)o3)cc(=O)c12. The number of fused-ring (bicyclic) bond motifs is 1. The molecule has 2 aromatic heterocycles. The lowest BCUT2D eigenvalue weighted by Gasteiger charge is -2.13. The summed E-state index contributed by atoms with van der Waals surface area (Å²) in [6.45, 7) is 1.66. The molecule has 0 saturated carbocycles. The van der Waals surface area contributed by atoms with Gasteiger partial charge in [0.2, 0.25) is 0 Å². The number of aromatic hydroxyl groups is 4. The van der Waals surface area contributed by atoms with Crippen molar-refractivity contribution >= 4 is 11.0 Å². The Labute approximate surface area is 168 Å². The zero-order valence-electron chi connectivity index (χ0n) is 15.7. The lowest BCUT2D eigenvalue weighted by atomic mass is 9.98. The molecular formula is C22H16O8. The zero-order chi connectivity index (χ0) is 21.6. The molecule has 0 aliphatic heterocycles. The Morgan fingerprint density at radius 1 is 0.800 bits per heavy atom. The van der Waals surface area contributed by atoms with Gasteiger partial charge in [-0.05, 0) is 30.2 Å². The molecule has 0 bridgehead atoms. The molecule has 0 aliphatic carbocycles. The molecule has 0 atom stereocenters. The molecule has 30 heavy (non-hydrogen) atoms. The van der Waals surface area contributed by atoms with Crippen LogP contribution in [0.25, 0.3) is 22.3 Å². The molecule has 4 N–H and O–H groups in total. The average Bonchev–Trinajstić information content (AvgIpc) is 2.59. The molecule has 4 aromatic rings. The predicted molar refractivity (Wildman–Crippen MR) is 107 cm³/mol. The molecule has 0 fully saturated rings. The molecule has 0 radical (unpaired) electrons. The third kappa shape index (κ3) is 3.46. The van der Waals surface area contributed by atoms with Crippen LogP contribution in [0.2, 0.25) is 0 Å². The Kier molecular flexibility index (Phi) is 4.46. The van der Waals surface area contributed by atoms with E-state index >= 15 is 0 Å². The molecule has 0 unspecified atom stereocenters. The largest absolute Gasteiger partial charge is 0.508 e. The molecule has 8 heteroatoms. The van der Waals surface area contributed by atoms with Crippen molar-refractivity contribution in [1.29, 1.82) is 0 Å². The van der Waals surface area contributed by atoms with Crippen LogP contribution in [0, 0.1) is 6.92 Å². The molecule has 8 nitrogen and oxygen atoms in total. The standard InChI is InChI=1S/C22H16O8/c1-10-2-12(23)7-18-21(10)17(27)9-19(30-18)22-11(3-13(24)6-16(22)26)4-15-5-14(25)8-20(28)29-15/h2-3,5-9,23-26H,4H2,1H3. The van der Waals surface area contributed by atoms with Crippen molar-refractivity contribution in [2.45, 2.75) is 13.3 Å². The first kappa shape index (κ1) is 19.1. The van der Waals surface area contributed by atoms with Gasteiger partial charge in [0.05, 0.1) is 17.0 Å². The Balaban J connectivity index is 1.95. The van der Waals surface area contributed by atoms with Crippen molar-refractivity contribution in [2.24, 2.45) is 0 Å². The summed E-state index contributed by atoms with van der Waals surface area (Å²) in [4.78, 5) is 24.2. The zero-order valence-corrected chi connectivity index (χ0v) is 15.7. The van der Waals surface area contributed by atoms with E-state index in [0.29, 0.717) is 5.56 Å².